The Balaban J connectivity index is 2.70. The normalized spacial score (nSPS) is 12.2. The number of halogens is 2. The third-order valence-electron chi connectivity index (χ3n) is 1.15. The fraction of sp³-hybridized carbons (Fsp3) is 0. The van der Waals surface area contributed by atoms with Crippen LogP contribution in [0.15, 0.2) is 24.3 Å². The van der Waals surface area contributed by atoms with E-state index in [1.54, 1.807) is 12.1 Å². The van der Waals surface area contributed by atoms with E-state index in [2.05, 4.69) is 4.74 Å². The molecule has 1 aromatic carbocycles. The molecule has 0 fully saturated rings. The van der Waals surface area contributed by atoms with Gasteiger partial charge in [-0.05, 0) is 24.3 Å². The summed E-state index contributed by atoms with van der Waals surface area (Å²) in [6.07, 6.45) is 0. The maximum atomic E-state index is 10.7. The van der Waals surface area contributed by atoms with Crippen molar-refractivity contribution >= 4 is 37.6 Å². The summed E-state index contributed by atoms with van der Waals surface area (Å²) in [7, 11) is 2.84. The molecule has 6 heteroatoms. The molecule has 1 rings (SSSR count). The van der Waals surface area contributed by atoms with Crippen LogP contribution in [0.5, 0.6) is 5.75 Å². The van der Waals surface area contributed by atoms with Gasteiger partial charge in [-0.3, -0.25) is 0 Å². The summed E-state index contributed by atoms with van der Waals surface area (Å²) < 4.78 is 15.0. The van der Waals surface area contributed by atoms with Gasteiger partial charge in [-0.2, -0.15) is 0 Å². The zero-order valence-electron chi connectivity index (χ0n) is 6.20. The number of hydrogen-bond acceptors (Lipinski definition) is 3. The molecule has 0 saturated heterocycles. The molecule has 0 aliphatic rings. The Hall–Kier alpha value is -0.580. The van der Waals surface area contributed by atoms with Gasteiger partial charge in [-0.1, -0.05) is 11.6 Å². The molecule has 0 amide bonds. The molecule has 0 heterocycles. The lowest BCUT2D eigenvalue weighted by molar-refractivity contribution is 0.226. The van der Waals surface area contributed by atoms with Gasteiger partial charge in [0, 0.05) is 15.7 Å². The molecule has 0 radical (unpaired) electrons. The van der Waals surface area contributed by atoms with Gasteiger partial charge in [0.1, 0.15) is 5.75 Å². The minimum absolute atomic E-state index is 0.253. The first-order chi connectivity index (χ1) is 6.09. The quantitative estimate of drug-likeness (QED) is 0.559. The summed E-state index contributed by atoms with van der Waals surface area (Å²) in [5.74, 6) is 0.253. The van der Waals surface area contributed by atoms with E-state index in [1.807, 2.05) is 0 Å². The number of rotatable bonds is 1. The molecule has 3 nitrogen and oxygen atoms in total. The largest absolute Gasteiger partial charge is 0.418 e. The van der Waals surface area contributed by atoms with Gasteiger partial charge >= 0.3 is 5.30 Å². The first-order valence-electron chi connectivity index (χ1n) is 3.15. The predicted octanol–water partition coefficient (Wildman–Crippen LogP) is 2.74. The Kier molecular flexibility index (Phi) is 3.71. The van der Waals surface area contributed by atoms with Crippen LogP contribution in [0, 0.1) is 0 Å². The van der Waals surface area contributed by atoms with Crippen molar-refractivity contribution < 1.29 is 13.7 Å². The van der Waals surface area contributed by atoms with Crippen molar-refractivity contribution in [3.63, 3.8) is 0 Å². The van der Waals surface area contributed by atoms with Crippen LogP contribution in [0.2, 0.25) is 5.02 Å². The minimum Gasteiger partial charge on any atom is -0.416 e. The molecule has 1 atom stereocenters. The molecule has 0 N–H and O–H groups in total. The van der Waals surface area contributed by atoms with Crippen molar-refractivity contribution in [3.05, 3.63) is 29.3 Å². The lowest BCUT2D eigenvalue weighted by atomic mass is 10.3. The highest BCUT2D eigenvalue weighted by molar-refractivity contribution is 8.20. The number of ether oxygens (including phenoxy) is 1. The predicted molar refractivity (Wildman–Crippen MR) is 51.5 cm³/mol. The summed E-state index contributed by atoms with van der Waals surface area (Å²) in [6.45, 7) is 0. The molecule has 1 aromatic rings. The average Bonchev–Trinajstić information content (AvgIpc) is 2.08. The third-order valence-corrected chi connectivity index (χ3v) is 2.12. The molecular formula is C7H4Cl2O3S. The Morgan fingerprint density at radius 1 is 1.31 bits per heavy atom. The molecule has 0 bridgehead atoms. The topological polar surface area (TPSA) is 43.4 Å². The Bertz CT molecular complexity index is 336. The second-order valence-electron chi connectivity index (χ2n) is 2.03. The fourth-order valence-electron chi connectivity index (χ4n) is 0.632. The molecule has 0 saturated carbocycles. The van der Waals surface area contributed by atoms with Crippen molar-refractivity contribution in [2.24, 2.45) is 0 Å². The number of benzene rings is 1. The maximum Gasteiger partial charge on any atom is 0.418 e. The van der Waals surface area contributed by atoms with Crippen LogP contribution in [0.3, 0.4) is 0 Å². The second kappa shape index (κ2) is 4.60. The summed E-state index contributed by atoms with van der Waals surface area (Å²) in [4.78, 5) is 10.7. The van der Waals surface area contributed by atoms with Gasteiger partial charge in [0.2, 0.25) is 10.0 Å². The monoisotopic (exact) mass is 238 g/mol. The molecule has 0 spiro atoms. The summed E-state index contributed by atoms with van der Waals surface area (Å²) >= 11 is 5.58. The van der Waals surface area contributed by atoms with Crippen LogP contribution in [0.4, 0.5) is 4.79 Å². The first kappa shape index (κ1) is 10.5. The Morgan fingerprint density at radius 3 is 2.31 bits per heavy atom. The zero-order chi connectivity index (χ0) is 9.84. The molecule has 0 aromatic heterocycles. The lowest BCUT2D eigenvalue weighted by Crippen LogP contribution is -2.07. The van der Waals surface area contributed by atoms with E-state index in [9.17, 15) is 9.00 Å². The van der Waals surface area contributed by atoms with Crippen molar-refractivity contribution in [1.82, 2.24) is 0 Å². The summed E-state index contributed by atoms with van der Waals surface area (Å²) in [6, 6.07) is 6.04. The van der Waals surface area contributed by atoms with E-state index in [4.69, 9.17) is 22.3 Å². The SMILES string of the molecule is O=C(Oc1ccc(Cl)cc1)[S@](=O)Cl. The molecule has 0 aliphatic heterocycles. The average molecular weight is 239 g/mol. The smallest absolute Gasteiger partial charge is 0.416 e. The molecule has 70 valence electrons. The Morgan fingerprint density at radius 2 is 1.85 bits per heavy atom. The highest BCUT2D eigenvalue weighted by Crippen LogP contribution is 2.16. The van der Waals surface area contributed by atoms with Crippen LogP contribution < -0.4 is 4.74 Å². The van der Waals surface area contributed by atoms with Crippen LogP contribution in [-0.4, -0.2) is 9.51 Å². The van der Waals surface area contributed by atoms with Gasteiger partial charge in [-0.15, -0.1) is 0 Å². The number of hydrogen-bond donors (Lipinski definition) is 0. The van der Waals surface area contributed by atoms with E-state index in [0.717, 1.165) is 0 Å². The van der Waals surface area contributed by atoms with Crippen LogP contribution in [-0.2, 0) is 10.0 Å². The molecule has 0 aliphatic carbocycles. The summed E-state index contributed by atoms with van der Waals surface area (Å²) in [5, 5.41) is -0.476. The molecular weight excluding hydrogens is 235 g/mol. The first-order valence-corrected chi connectivity index (χ1v) is 5.50. The zero-order valence-corrected chi connectivity index (χ0v) is 8.53. The van der Waals surface area contributed by atoms with Gasteiger partial charge in [0.15, 0.2) is 0 Å². The molecule has 0 unspecified atom stereocenters. The highest BCUT2D eigenvalue weighted by Gasteiger charge is 2.10. The van der Waals surface area contributed by atoms with Crippen molar-refractivity contribution in [2.45, 2.75) is 0 Å². The minimum atomic E-state index is -2.14. The van der Waals surface area contributed by atoms with Crippen LogP contribution in [0.25, 0.3) is 0 Å². The van der Waals surface area contributed by atoms with E-state index in [1.165, 1.54) is 12.1 Å². The molecule has 13 heavy (non-hydrogen) atoms. The number of carbonyl (C=O) groups is 1. The Labute approximate surface area is 86.6 Å². The third kappa shape index (κ3) is 3.34. The second-order valence-corrected chi connectivity index (χ2v) is 4.09. The van der Waals surface area contributed by atoms with Crippen LogP contribution in [0.1, 0.15) is 0 Å². The van der Waals surface area contributed by atoms with Crippen LogP contribution >= 0.6 is 22.3 Å². The van der Waals surface area contributed by atoms with Gasteiger partial charge in [-0.25, -0.2) is 9.00 Å². The van der Waals surface area contributed by atoms with Crippen molar-refractivity contribution in [1.29, 1.82) is 0 Å². The van der Waals surface area contributed by atoms with Gasteiger partial charge in [0.05, 0.1) is 0 Å². The standard InChI is InChI=1S/C7H4Cl2O3S/c8-5-1-3-6(4-2-5)12-7(10)13(9)11/h1-4H/t13-/m0/s1. The fourth-order valence-corrected chi connectivity index (χ4v) is 1.01. The van der Waals surface area contributed by atoms with E-state index in [0.29, 0.717) is 5.02 Å². The highest BCUT2D eigenvalue weighted by atomic mass is 35.7. The van der Waals surface area contributed by atoms with E-state index >= 15 is 0 Å². The van der Waals surface area contributed by atoms with E-state index < -0.39 is 15.3 Å². The van der Waals surface area contributed by atoms with Gasteiger partial charge < -0.3 is 4.74 Å². The lowest BCUT2D eigenvalue weighted by Gasteiger charge is -1.99. The van der Waals surface area contributed by atoms with Crippen molar-refractivity contribution in [2.75, 3.05) is 0 Å². The van der Waals surface area contributed by atoms with Gasteiger partial charge in [0.25, 0.3) is 0 Å². The maximum absolute atomic E-state index is 10.7. The van der Waals surface area contributed by atoms with Crippen molar-refractivity contribution in [3.8, 4) is 5.75 Å². The van der Waals surface area contributed by atoms with E-state index in [-0.39, 0.29) is 5.75 Å². The number of carbonyl (C=O) groups excluding carboxylic acids is 1. The summed E-state index contributed by atoms with van der Waals surface area (Å²) in [5.41, 5.74) is 0.